The summed E-state index contributed by atoms with van der Waals surface area (Å²) >= 11 is 0. The summed E-state index contributed by atoms with van der Waals surface area (Å²) in [7, 11) is 1.63. The van der Waals surface area contributed by atoms with Crippen LogP contribution in [0.15, 0.2) is 24.3 Å². The van der Waals surface area contributed by atoms with Crippen LogP contribution in [-0.4, -0.2) is 37.5 Å². The number of ether oxygens (including phenoxy) is 2. The molecular weight excluding hydrogens is 254 g/mol. The molecule has 4 nitrogen and oxygen atoms in total. The number of hydrogen-bond donors (Lipinski definition) is 2. The minimum absolute atomic E-state index is 0.297. The monoisotopic (exact) mass is 279 g/mol. The van der Waals surface area contributed by atoms with E-state index >= 15 is 0 Å². The van der Waals surface area contributed by atoms with Crippen LogP contribution in [0.25, 0.3) is 0 Å². The molecule has 1 aliphatic carbocycles. The van der Waals surface area contributed by atoms with Crippen LogP contribution < -0.4 is 14.8 Å². The molecule has 0 bridgehead atoms. The third-order valence-electron chi connectivity index (χ3n) is 3.68. The second-order valence-corrected chi connectivity index (χ2v) is 5.44. The predicted molar refractivity (Wildman–Crippen MR) is 79.3 cm³/mol. The molecule has 112 valence electrons. The van der Waals surface area contributed by atoms with E-state index in [1.165, 1.54) is 19.3 Å². The maximum absolute atomic E-state index is 9.91. The Morgan fingerprint density at radius 1 is 1.40 bits per heavy atom. The Bertz CT molecular complexity index is 410. The smallest absolute Gasteiger partial charge is 0.123 e. The number of benzene rings is 1. The van der Waals surface area contributed by atoms with Crippen molar-refractivity contribution >= 4 is 0 Å². The van der Waals surface area contributed by atoms with Crippen molar-refractivity contribution in [2.24, 2.45) is 5.92 Å². The van der Waals surface area contributed by atoms with E-state index in [9.17, 15) is 5.11 Å². The third kappa shape index (κ3) is 4.69. The summed E-state index contributed by atoms with van der Waals surface area (Å²) in [5.41, 5.74) is 0. The Morgan fingerprint density at radius 3 is 2.95 bits per heavy atom. The normalized spacial score (nSPS) is 22.4. The van der Waals surface area contributed by atoms with Crippen LogP contribution >= 0.6 is 0 Å². The van der Waals surface area contributed by atoms with Crippen LogP contribution in [0.5, 0.6) is 11.5 Å². The van der Waals surface area contributed by atoms with Gasteiger partial charge in [0, 0.05) is 18.7 Å². The fraction of sp³-hybridized carbons (Fsp3) is 0.625. The Hall–Kier alpha value is -1.26. The first-order chi connectivity index (χ1) is 9.72. The summed E-state index contributed by atoms with van der Waals surface area (Å²) < 4.78 is 10.7. The zero-order valence-electron chi connectivity index (χ0n) is 12.3. The van der Waals surface area contributed by atoms with E-state index in [-0.39, 0.29) is 0 Å². The fourth-order valence-corrected chi connectivity index (χ4v) is 2.42. The van der Waals surface area contributed by atoms with Gasteiger partial charge in [-0.25, -0.2) is 0 Å². The Kier molecular flexibility index (Phi) is 5.68. The molecule has 1 aliphatic rings. The molecule has 0 heterocycles. The molecular formula is C16H25NO3. The van der Waals surface area contributed by atoms with Crippen molar-refractivity contribution in [3.63, 3.8) is 0 Å². The number of aliphatic hydroxyl groups excluding tert-OH is 1. The molecule has 4 heteroatoms. The van der Waals surface area contributed by atoms with Gasteiger partial charge in [-0.05, 0) is 30.9 Å². The van der Waals surface area contributed by atoms with Gasteiger partial charge in [-0.3, -0.25) is 0 Å². The molecule has 3 atom stereocenters. The standard InChI is InChI=1S/C16H25NO3/c1-3-5-12-8-16(12)17-10-13(18)11-20-15-7-4-6-14(9-15)19-2/h4,6-7,9,12-13,16-18H,3,5,8,10-11H2,1-2H3. The first-order valence-corrected chi connectivity index (χ1v) is 7.41. The Labute approximate surface area is 121 Å². The van der Waals surface area contributed by atoms with E-state index in [2.05, 4.69) is 12.2 Å². The van der Waals surface area contributed by atoms with Crippen LogP contribution in [0, 0.1) is 5.92 Å². The lowest BCUT2D eigenvalue weighted by Crippen LogP contribution is -2.33. The first kappa shape index (κ1) is 15.1. The van der Waals surface area contributed by atoms with Crippen molar-refractivity contribution in [2.75, 3.05) is 20.3 Å². The predicted octanol–water partition coefficient (Wildman–Crippen LogP) is 2.21. The first-order valence-electron chi connectivity index (χ1n) is 7.41. The molecule has 0 aliphatic heterocycles. The van der Waals surface area contributed by atoms with Crippen molar-refractivity contribution in [1.29, 1.82) is 0 Å². The number of nitrogens with one attached hydrogen (secondary N) is 1. The van der Waals surface area contributed by atoms with E-state index in [1.54, 1.807) is 7.11 Å². The van der Waals surface area contributed by atoms with Gasteiger partial charge < -0.3 is 19.9 Å². The van der Waals surface area contributed by atoms with Gasteiger partial charge in [0.2, 0.25) is 0 Å². The highest BCUT2D eigenvalue weighted by Crippen LogP contribution is 2.34. The summed E-state index contributed by atoms with van der Waals surface area (Å²) in [6, 6.07) is 8.02. The van der Waals surface area contributed by atoms with Crippen molar-refractivity contribution < 1.29 is 14.6 Å². The quantitative estimate of drug-likeness (QED) is 0.727. The van der Waals surface area contributed by atoms with Gasteiger partial charge in [-0.15, -0.1) is 0 Å². The molecule has 0 spiro atoms. The molecule has 1 fully saturated rings. The Balaban J connectivity index is 1.63. The van der Waals surface area contributed by atoms with Gasteiger partial charge in [-0.1, -0.05) is 19.4 Å². The fourth-order valence-electron chi connectivity index (χ4n) is 2.42. The average molecular weight is 279 g/mol. The number of aliphatic hydroxyl groups is 1. The minimum atomic E-state index is -0.482. The van der Waals surface area contributed by atoms with E-state index in [4.69, 9.17) is 9.47 Å². The van der Waals surface area contributed by atoms with Gasteiger partial charge in [0.25, 0.3) is 0 Å². The van der Waals surface area contributed by atoms with E-state index in [1.807, 2.05) is 24.3 Å². The molecule has 0 amide bonds. The molecule has 0 radical (unpaired) electrons. The van der Waals surface area contributed by atoms with Crippen molar-refractivity contribution in [3.8, 4) is 11.5 Å². The lowest BCUT2D eigenvalue weighted by molar-refractivity contribution is 0.105. The summed E-state index contributed by atoms with van der Waals surface area (Å²) in [6.07, 6.45) is 3.29. The third-order valence-corrected chi connectivity index (χ3v) is 3.68. The molecule has 0 aromatic heterocycles. The van der Waals surface area contributed by atoms with Crippen LogP contribution in [0.2, 0.25) is 0 Å². The second kappa shape index (κ2) is 7.50. The number of hydrogen-bond acceptors (Lipinski definition) is 4. The summed E-state index contributed by atoms with van der Waals surface area (Å²) in [5, 5.41) is 13.3. The van der Waals surface area contributed by atoms with Crippen LogP contribution in [0.3, 0.4) is 0 Å². The van der Waals surface area contributed by atoms with E-state index < -0.39 is 6.10 Å². The molecule has 3 unspecified atom stereocenters. The minimum Gasteiger partial charge on any atom is -0.497 e. The topological polar surface area (TPSA) is 50.7 Å². The SMILES string of the molecule is CCCC1CC1NCC(O)COc1cccc(OC)c1. The molecule has 1 saturated carbocycles. The van der Waals surface area contributed by atoms with Crippen molar-refractivity contribution in [3.05, 3.63) is 24.3 Å². The average Bonchev–Trinajstić information content (AvgIpc) is 3.22. The lowest BCUT2D eigenvalue weighted by Gasteiger charge is -2.13. The molecule has 1 aromatic carbocycles. The second-order valence-electron chi connectivity index (χ2n) is 5.44. The van der Waals surface area contributed by atoms with Crippen molar-refractivity contribution in [1.82, 2.24) is 5.32 Å². The summed E-state index contributed by atoms with van der Waals surface area (Å²) in [6.45, 7) is 3.10. The maximum Gasteiger partial charge on any atom is 0.123 e. The van der Waals surface area contributed by atoms with Gasteiger partial charge >= 0.3 is 0 Å². The molecule has 2 rings (SSSR count). The zero-order valence-corrected chi connectivity index (χ0v) is 12.3. The van der Waals surface area contributed by atoms with Gasteiger partial charge in [0.1, 0.15) is 24.2 Å². The highest BCUT2D eigenvalue weighted by Gasteiger charge is 2.35. The van der Waals surface area contributed by atoms with Gasteiger partial charge in [0.15, 0.2) is 0 Å². The molecule has 2 N–H and O–H groups in total. The lowest BCUT2D eigenvalue weighted by atomic mass is 10.2. The number of rotatable bonds is 9. The highest BCUT2D eigenvalue weighted by atomic mass is 16.5. The van der Waals surface area contributed by atoms with Crippen LogP contribution in [0.4, 0.5) is 0 Å². The molecule has 20 heavy (non-hydrogen) atoms. The largest absolute Gasteiger partial charge is 0.497 e. The maximum atomic E-state index is 9.91. The van der Waals surface area contributed by atoms with E-state index in [0.717, 1.165) is 17.4 Å². The van der Waals surface area contributed by atoms with Gasteiger partial charge in [0.05, 0.1) is 7.11 Å². The van der Waals surface area contributed by atoms with Crippen LogP contribution in [0.1, 0.15) is 26.2 Å². The van der Waals surface area contributed by atoms with Gasteiger partial charge in [-0.2, -0.15) is 0 Å². The highest BCUT2D eigenvalue weighted by molar-refractivity contribution is 5.32. The number of methoxy groups -OCH3 is 1. The summed E-state index contributed by atoms with van der Waals surface area (Å²) in [5.74, 6) is 2.29. The van der Waals surface area contributed by atoms with E-state index in [0.29, 0.717) is 19.2 Å². The summed E-state index contributed by atoms with van der Waals surface area (Å²) in [4.78, 5) is 0. The van der Waals surface area contributed by atoms with Crippen LogP contribution in [-0.2, 0) is 0 Å². The van der Waals surface area contributed by atoms with Crippen molar-refractivity contribution in [2.45, 2.75) is 38.3 Å². The zero-order chi connectivity index (χ0) is 14.4. The molecule has 1 aromatic rings. The molecule has 0 saturated heterocycles. The Morgan fingerprint density at radius 2 is 2.20 bits per heavy atom.